The maximum Gasteiger partial charge on any atom is 0.411 e. The minimum atomic E-state index is -2.35. The van der Waals surface area contributed by atoms with Gasteiger partial charge in [0.05, 0.1) is 13.2 Å². The fourth-order valence-corrected chi connectivity index (χ4v) is 3.13. The van der Waals surface area contributed by atoms with Crippen LogP contribution < -0.4 is 5.32 Å². The molecule has 0 aliphatic carbocycles. The highest BCUT2D eigenvalue weighted by atomic mass is 35.5. The molecule has 1 fully saturated rings. The van der Waals surface area contributed by atoms with E-state index in [4.69, 9.17) is 11.8 Å². The number of hydrogen-bond donors (Lipinski definition) is 1. The molecule has 1 saturated heterocycles. The number of carbonyl (C=O) groups excluding carboxylic acids is 1. The van der Waals surface area contributed by atoms with Crippen LogP contribution in [0.3, 0.4) is 0 Å². The van der Waals surface area contributed by atoms with Crippen LogP contribution in [-0.4, -0.2) is 32.9 Å². The molecule has 110 valence electrons. The first-order valence-electron chi connectivity index (χ1n) is 6.03. The fourth-order valence-electron chi connectivity index (χ4n) is 2.25. The summed E-state index contributed by atoms with van der Waals surface area (Å²) in [5.41, 5.74) is 1.05. The van der Waals surface area contributed by atoms with Gasteiger partial charge in [-0.25, -0.2) is 9.21 Å². The van der Waals surface area contributed by atoms with Crippen molar-refractivity contribution in [1.82, 2.24) is 4.42 Å². The zero-order valence-electron chi connectivity index (χ0n) is 10.8. The highest BCUT2D eigenvalue weighted by Gasteiger charge is 2.27. The number of anilines is 1. The molecule has 6 nitrogen and oxygen atoms in total. The summed E-state index contributed by atoms with van der Waals surface area (Å²) in [6.45, 7) is 0.700. The molecular formula is C12H14ClN2O4S-. The average Bonchev–Trinajstić information content (AvgIpc) is 2.84. The summed E-state index contributed by atoms with van der Waals surface area (Å²) < 4.78 is 28.7. The number of carbonyl (C=O) groups is 1. The van der Waals surface area contributed by atoms with Crippen molar-refractivity contribution in [1.29, 1.82) is 0 Å². The maximum absolute atomic E-state index is 11.3. The minimum Gasteiger partial charge on any atom is -0.768 e. The van der Waals surface area contributed by atoms with Gasteiger partial charge in [-0.3, -0.25) is 9.53 Å². The van der Waals surface area contributed by atoms with Crippen molar-refractivity contribution >= 4 is 34.6 Å². The summed E-state index contributed by atoms with van der Waals surface area (Å²) in [7, 11) is 1.26. The molecule has 0 spiro atoms. The Bertz CT molecular complexity index is 540. The Morgan fingerprint density at radius 2 is 2.35 bits per heavy atom. The summed E-state index contributed by atoms with van der Waals surface area (Å²) >= 11 is 3.74. The van der Waals surface area contributed by atoms with E-state index >= 15 is 0 Å². The molecule has 1 heterocycles. The highest BCUT2D eigenvalue weighted by Crippen LogP contribution is 2.37. The van der Waals surface area contributed by atoms with Crippen molar-refractivity contribution < 1.29 is 18.3 Å². The summed E-state index contributed by atoms with van der Waals surface area (Å²) in [6.07, 6.45) is 1.06. The molecule has 1 N–H and O–H groups in total. The third-order valence-corrected chi connectivity index (χ3v) is 4.30. The standard InChI is InChI=1S/C12H15ClN2O4S/c1-19-12(16)14-8-4-5-11(20(17)18)9(7-8)10-3-2-6-15(10)13/h4-5,7,10H,2-3,6H2,1H3,(H,14,16)(H,17,18)/p-1/t10-/m0/s1. The molecule has 1 unspecified atom stereocenters. The van der Waals surface area contributed by atoms with Crippen molar-refractivity contribution in [3.05, 3.63) is 23.8 Å². The number of nitrogens with one attached hydrogen (secondary N) is 1. The van der Waals surface area contributed by atoms with E-state index in [0.717, 1.165) is 12.8 Å². The molecule has 0 radical (unpaired) electrons. The van der Waals surface area contributed by atoms with Crippen LogP contribution in [0.2, 0.25) is 0 Å². The van der Waals surface area contributed by atoms with Crippen LogP contribution in [0.4, 0.5) is 10.5 Å². The zero-order chi connectivity index (χ0) is 14.7. The normalized spacial score (nSPS) is 20.6. The molecule has 1 aromatic rings. The Labute approximate surface area is 124 Å². The lowest BCUT2D eigenvalue weighted by atomic mass is 10.0. The number of rotatable bonds is 3. The number of hydrogen-bond acceptors (Lipinski definition) is 5. The lowest BCUT2D eigenvalue weighted by Gasteiger charge is -2.22. The number of halogens is 1. The summed E-state index contributed by atoms with van der Waals surface area (Å²) in [5, 5.41) is 2.51. The average molecular weight is 318 g/mol. The minimum absolute atomic E-state index is 0.177. The number of amides is 1. The number of nitrogens with zero attached hydrogens (tertiary/aromatic N) is 1. The van der Waals surface area contributed by atoms with E-state index in [0.29, 0.717) is 17.8 Å². The lowest BCUT2D eigenvalue weighted by Crippen LogP contribution is -2.16. The van der Waals surface area contributed by atoms with Gasteiger partial charge in [0.2, 0.25) is 0 Å². The van der Waals surface area contributed by atoms with Crippen molar-refractivity contribution in [3.63, 3.8) is 0 Å². The van der Waals surface area contributed by atoms with Crippen LogP contribution in [0.15, 0.2) is 23.1 Å². The van der Waals surface area contributed by atoms with Gasteiger partial charge in [0.25, 0.3) is 0 Å². The van der Waals surface area contributed by atoms with E-state index in [9.17, 15) is 13.6 Å². The summed E-state index contributed by atoms with van der Waals surface area (Å²) in [6, 6.07) is 4.41. The maximum atomic E-state index is 11.3. The van der Waals surface area contributed by atoms with Crippen LogP contribution in [-0.2, 0) is 15.8 Å². The predicted molar refractivity (Wildman–Crippen MR) is 74.2 cm³/mol. The SMILES string of the molecule is COC(=O)Nc1ccc(S(=O)[O-])c([C@@H]2CCCN2Cl)c1. The van der Waals surface area contributed by atoms with Gasteiger partial charge in [-0.05, 0) is 59.5 Å². The number of methoxy groups -OCH3 is 1. The van der Waals surface area contributed by atoms with E-state index in [1.807, 2.05) is 0 Å². The zero-order valence-corrected chi connectivity index (χ0v) is 12.4. The Kier molecular flexibility index (Phi) is 4.98. The van der Waals surface area contributed by atoms with Gasteiger partial charge < -0.3 is 9.29 Å². The van der Waals surface area contributed by atoms with E-state index < -0.39 is 17.2 Å². The first-order valence-corrected chi connectivity index (χ1v) is 7.45. The first kappa shape index (κ1) is 15.2. The molecule has 2 atom stereocenters. The van der Waals surface area contributed by atoms with Crippen molar-refractivity contribution in [2.45, 2.75) is 23.8 Å². The van der Waals surface area contributed by atoms with Gasteiger partial charge in [0, 0.05) is 17.1 Å². The molecule has 1 aliphatic rings. The molecule has 8 heteroatoms. The summed E-state index contributed by atoms with van der Waals surface area (Å²) in [5.74, 6) is 0. The molecule has 1 aliphatic heterocycles. The van der Waals surface area contributed by atoms with Crippen LogP contribution >= 0.6 is 11.8 Å². The van der Waals surface area contributed by atoms with Gasteiger partial charge in [-0.1, -0.05) is 0 Å². The van der Waals surface area contributed by atoms with E-state index in [1.54, 1.807) is 10.5 Å². The number of ether oxygens (including phenoxy) is 1. The monoisotopic (exact) mass is 317 g/mol. The quantitative estimate of drug-likeness (QED) is 0.683. The first-order chi connectivity index (χ1) is 9.52. The highest BCUT2D eigenvalue weighted by molar-refractivity contribution is 7.79. The number of benzene rings is 1. The van der Waals surface area contributed by atoms with Crippen LogP contribution in [0, 0.1) is 0 Å². The van der Waals surface area contributed by atoms with E-state index in [-0.39, 0.29) is 10.9 Å². The van der Waals surface area contributed by atoms with Crippen molar-refractivity contribution in [3.8, 4) is 0 Å². The Morgan fingerprint density at radius 1 is 1.60 bits per heavy atom. The van der Waals surface area contributed by atoms with Crippen LogP contribution in [0.25, 0.3) is 0 Å². The Hall–Kier alpha value is -1.15. The molecule has 20 heavy (non-hydrogen) atoms. The molecular weight excluding hydrogens is 304 g/mol. The van der Waals surface area contributed by atoms with Gasteiger partial charge in [-0.15, -0.1) is 0 Å². The second-order valence-electron chi connectivity index (χ2n) is 4.39. The molecule has 1 aromatic carbocycles. The largest absolute Gasteiger partial charge is 0.768 e. The smallest absolute Gasteiger partial charge is 0.411 e. The predicted octanol–water partition coefficient (Wildman–Crippen LogP) is 2.39. The van der Waals surface area contributed by atoms with Gasteiger partial charge in [0.1, 0.15) is 0 Å². The Balaban J connectivity index is 2.36. The third kappa shape index (κ3) is 3.29. The van der Waals surface area contributed by atoms with Crippen molar-refractivity contribution in [2.24, 2.45) is 0 Å². The Morgan fingerprint density at radius 3 is 2.90 bits per heavy atom. The van der Waals surface area contributed by atoms with Gasteiger partial charge in [-0.2, -0.15) is 0 Å². The lowest BCUT2D eigenvalue weighted by molar-refractivity contribution is 0.187. The van der Waals surface area contributed by atoms with E-state index in [1.165, 1.54) is 19.2 Å². The second kappa shape index (κ2) is 6.53. The fraction of sp³-hybridized carbons (Fsp3) is 0.417. The third-order valence-electron chi connectivity index (χ3n) is 3.17. The topological polar surface area (TPSA) is 81.7 Å². The van der Waals surface area contributed by atoms with E-state index in [2.05, 4.69) is 10.1 Å². The van der Waals surface area contributed by atoms with Gasteiger partial charge >= 0.3 is 6.09 Å². The van der Waals surface area contributed by atoms with Gasteiger partial charge in [0.15, 0.2) is 0 Å². The molecule has 2 rings (SSSR count). The molecule has 0 aromatic heterocycles. The van der Waals surface area contributed by atoms with Crippen LogP contribution in [0.1, 0.15) is 24.4 Å². The summed E-state index contributed by atoms with van der Waals surface area (Å²) in [4.78, 5) is 11.4. The molecule has 0 saturated carbocycles. The van der Waals surface area contributed by atoms with Crippen LogP contribution in [0.5, 0.6) is 0 Å². The van der Waals surface area contributed by atoms with Crippen molar-refractivity contribution in [2.75, 3.05) is 19.0 Å². The second-order valence-corrected chi connectivity index (χ2v) is 5.73. The molecule has 1 amide bonds. The molecule has 0 bridgehead atoms.